The predicted octanol–water partition coefficient (Wildman–Crippen LogP) is 3.41. The average molecular weight is 230 g/mol. The highest BCUT2D eigenvalue weighted by molar-refractivity contribution is 5.83. The molecule has 1 N–H and O–H groups in total. The van der Waals surface area contributed by atoms with Gasteiger partial charge in [-0.25, -0.2) is 0 Å². The second-order valence-corrected chi connectivity index (χ2v) is 4.98. The maximum Gasteiger partial charge on any atom is 0.0525 e. The van der Waals surface area contributed by atoms with Gasteiger partial charge in [-0.1, -0.05) is 32.0 Å². The minimum absolute atomic E-state index is 0.701. The van der Waals surface area contributed by atoms with Gasteiger partial charge in [0.1, 0.15) is 0 Å². The molecular formula is C15H22N2. The monoisotopic (exact) mass is 230 g/mol. The minimum atomic E-state index is 0.701. The summed E-state index contributed by atoms with van der Waals surface area (Å²) in [5.74, 6) is 0.701. The lowest BCUT2D eigenvalue weighted by Crippen LogP contribution is -2.19. The van der Waals surface area contributed by atoms with Crippen LogP contribution in [-0.4, -0.2) is 11.1 Å². The molecule has 92 valence electrons. The highest BCUT2D eigenvalue weighted by Crippen LogP contribution is 2.20. The van der Waals surface area contributed by atoms with Crippen LogP contribution in [0.5, 0.6) is 0 Å². The summed E-state index contributed by atoms with van der Waals surface area (Å²) < 4.78 is 2.32. The van der Waals surface area contributed by atoms with Crippen molar-refractivity contribution in [2.75, 3.05) is 6.54 Å². The smallest absolute Gasteiger partial charge is 0.0525 e. The van der Waals surface area contributed by atoms with Crippen molar-refractivity contribution < 1.29 is 0 Å². The second-order valence-electron chi connectivity index (χ2n) is 4.98. The summed E-state index contributed by atoms with van der Waals surface area (Å²) in [6.45, 7) is 9.73. The molecule has 0 saturated heterocycles. The maximum atomic E-state index is 3.52. The molecule has 1 aromatic carbocycles. The van der Waals surface area contributed by atoms with Crippen LogP contribution in [0.25, 0.3) is 10.9 Å². The molecule has 2 aromatic rings. The molecule has 0 bridgehead atoms. The first-order valence-corrected chi connectivity index (χ1v) is 6.49. The molecule has 0 unspecified atom stereocenters. The number of nitrogens with one attached hydrogen (secondary N) is 1. The van der Waals surface area contributed by atoms with Gasteiger partial charge in [0, 0.05) is 19.3 Å². The average Bonchev–Trinajstić information content (AvgIpc) is 2.72. The van der Waals surface area contributed by atoms with E-state index in [2.05, 4.69) is 61.1 Å². The third kappa shape index (κ3) is 2.70. The predicted molar refractivity (Wildman–Crippen MR) is 74.2 cm³/mol. The highest BCUT2D eigenvalue weighted by atomic mass is 15.0. The summed E-state index contributed by atoms with van der Waals surface area (Å²) in [5, 5.41) is 4.86. The molecule has 2 rings (SSSR count). The van der Waals surface area contributed by atoms with Gasteiger partial charge in [-0.2, -0.15) is 0 Å². The molecule has 0 saturated carbocycles. The largest absolute Gasteiger partial charge is 0.347 e. The fourth-order valence-corrected chi connectivity index (χ4v) is 2.24. The van der Waals surface area contributed by atoms with Crippen molar-refractivity contribution in [2.45, 2.75) is 33.9 Å². The molecule has 17 heavy (non-hydrogen) atoms. The van der Waals surface area contributed by atoms with Crippen LogP contribution in [0.2, 0.25) is 0 Å². The van der Waals surface area contributed by atoms with E-state index >= 15 is 0 Å². The SMILES string of the molecule is CCn1ccc2cccc(CNCC(C)C)c21. The molecule has 0 fully saturated rings. The van der Waals surface area contributed by atoms with Crippen LogP contribution in [0, 0.1) is 5.92 Å². The van der Waals surface area contributed by atoms with E-state index in [4.69, 9.17) is 0 Å². The topological polar surface area (TPSA) is 17.0 Å². The van der Waals surface area contributed by atoms with Crippen molar-refractivity contribution in [1.82, 2.24) is 9.88 Å². The lowest BCUT2D eigenvalue weighted by atomic mass is 10.1. The van der Waals surface area contributed by atoms with Crippen molar-refractivity contribution in [3.05, 3.63) is 36.0 Å². The van der Waals surface area contributed by atoms with Gasteiger partial charge in [-0.3, -0.25) is 0 Å². The molecule has 0 spiro atoms. The maximum absolute atomic E-state index is 3.52. The number of aryl methyl sites for hydroxylation is 1. The van der Waals surface area contributed by atoms with E-state index in [9.17, 15) is 0 Å². The van der Waals surface area contributed by atoms with Gasteiger partial charge in [0.15, 0.2) is 0 Å². The Morgan fingerprint density at radius 3 is 2.76 bits per heavy atom. The normalized spacial score (nSPS) is 11.5. The van der Waals surface area contributed by atoms with Gasteiger partial charge in [0.2, 0.25) is 0 Å². The van der Waals surface area contributed by atoms with E-state index in [0.717, 1.165) is 19.6 Å². The molecule has 0 aliphatic rings. The number of rotatable bonds is 5. The summed E-state index contributed by atoms with van der Waals surface area (Å²) in [6, 6.07) is 8.76. The third-order valence-electron chi connectivity index (χ3n) is 3.08. The summed E-state index contributed by atoms with van der Waals surface area (Å²) >= 11 is 0. The van der Waals surface area contributed by atoms with E-state index in [-0.39, 0.29) is 0 Å². The van der Waals surface area contributed by atoms with E-state index in [0.29, 0.717) is 5.92 Å². The molecule has 0 amide bonds. The highest BCUT2D eigenvalue weighted by Gasteiger charge is 2.05. The Morgan fingerprint density at radius 1 is 1.24 bits per heavy atom. The number of hydrogen-bond donors (Lipinski definition) is 1. The fourth-order valence-electron chi connectivity index (χ4n) is 2.24. The number of aromatic nitrogens is 1. The van der Waals surface area contributed by atoms with Crippen LogP contribution in [0.15, 0.2) is 30.5 Å². The zero-order valence-electron chi connectivity index (χ0n) is 11.0. The van der Waals surface area contributed by atoms with Crippen LogP contribution < -0.4 is 5.32 Å². The number of fused-ring (bicyclic) bond motifs is 1. The first-order valence-electron chi connectivity index (χ1n) is 6.49. The Hall–Kier alpha value is -1.28. The van der Waals surface area contributed by atoms with E-state index in [1.165, 1.54) is 16.5 Å². The Labute approximate surface area is 104 Å². The lowest BCUT2D eigenvalue weighted by Gasteiger charge is -2.10. The van der Waals surface area contributed by atoms with Crippen molar-refractivity contribution in [3.63, 3.8) is 0 Å². The van der Waals surface area contributed by atoms with Gasteiger partial charge in [0.05, 0.1) is 5.52 Å². The fraction of sp³-hybridized carbons (Fsp3) is 0.467. The first kappa shape index (κ1) is 12.2. The summed E-state index contributed by atoms with van der Waals surface area (Å²) in [5.41, 5.74) is 2.78. The van der Waals surface area contributed by atoms with Crippen molar-refractivity contribution in [3.8, 4) is 0 Å². The third-order valence-corrected chi connectivity index (χ3v) is 3.08. The summed E-state index contributed by atoms with van der Waals surface area (Å²) in [4.78, 5) is 0. The molecule has 0 aliphatic heterocycles. The Morgan fingerprint density at radius 2 is 2.06 bits per heavy atom. The molecule has 0 atom stereocenters. The zero-order chi connectivity index (χ0) is 12.3. The standard InChI is InChI=1S/C15H22N2/c1-4-17-9-8-13-6-5-7-14(15(13)17)11-16-10-12(2)3/h5-9,12,16H,4,10-11H2,1-3H3. The Bertz CT molecular complexity index is 483. The molecule has 2 heteroatoms. The van der Waals surface area contributed by atoms with Gasteiger partial charge < -0.3 is 9.88 Å². The minimum Gasteiger partial charge on any atom is -0.347 e. The number of benzene rings is 1. The first-order chi connectivity index (χ1) is 8.22. The van der Waals surface area contributed by atoms with Crippen LogP contribution in [0.3, 0.4) is 0 Å². The Balaban J connectivity index is 2.23. The molecule has 0 aliphatic carbocycles. The molecular weight excluding hydrogens is 208 g/mol. The van der Waals surface area contributed by atoms with Crippen molar-refractivity contribution in [2.24, 2.45) is 5.92 Å². The molecule has 2 nitrogen and oxygen atoms in total. The van der Waals surface area contributed by atoms with Gasteiger partial charge in [-0.05, 0) is 36.4 Å². The van der Waals surface area contributed by atoms with Crippen molar-refractivity contribution in [1.29, 1.82) is 0 Å². The number of nitrogens with zero attached hydrogens (tertiary/aromatic N) is 1. The Kier molecular flexibility index (Phi) is 3.85. The van der Waals surface area contributed by atoms with Gasteiger partial charge in [0.25, 0.3) is 0 Å². The second kappa shape index (κ2) is 5.37. The van der Waals surface area contributed by atoms with E-state index < -0.39 is 0 Å². The van der Waals surface area contributed by atoms with Crippen LogP contribution >= 0.6 is 0 Å². The number of hydrogen-bond acceptors (Lipinski definition) is 1. The van der Waals surface area contributed by atoms with Crippen LogP contribution in [-0.2, 0) is 13.1 Å². The quantitative estimate of drug-likeness (QED) is 0.833. The summed E-state index contributed by atoms with van der Waals surface area (Å²) in [6.07, 6.45) is 2.18. The van der Waals surface area contributed by atoms with Gasteiger partial charge in [-0.15, -0.1) is 0 Å². The van der Waals surface area contributed by atoms with E-state index in [1.54, 1.807) is 0 Å². The number of para-hydroxylation sites is 1. The van der Waals surface area contributed by atoms with Crippen molar-refractivity contribution >= 4 is 10.9 Å². The van der Waals surface area contributed by atoms with Gasteiger partial charge >= 0.3 is 0 Å². The summed E-state index contributed by atoms with van der Waals surface area (Å²) in [7, 11) is 0. The molecule has 0 radical (unpaired) electrons. The lowest BCUT2D eigenvalue weighted by molar-refractivity contribution is 0.552. The van der Waals surface area contributed by atoms with Crippen LogP contribution in [0.1, 0.15) is 26.3 Å². The van der Waals surface area contributed by atoms with E-state index in [1.807, 2.05) is 0 Å². The zero-order valence-corrected chi connectivity index (χ0v) is 11.0. The molecule has 1 heterocycles. The molecule has 1 aromatic heterocycles. The van der Waals surface area contributed by atoms with Crippen LogP contribution in [0.4, 0.5) is 0 Å².